The van der Waals surface area contributed by atoms with Crippen molar-refractivity contribution in [1.29, 1.82) is 0 Å². The maximum atomic E-state index is 10.9. The zero-order valence-corrected chi connectivity index (χ0v) is 12.5. The molecule has 1 aliphatic heterocycles. The molecule has 2 N–H and O–H groups in total. The predicted molar refractivity (Wildman–Crippen MR) is 83.3 cm³/mol. The van der Waals surface area contributed by atoms with Gasteiger partial charge in [0, 0.05) is 31.4 Å². The molecule has 5 nitrogen and oxygen atoms in total. The summed E-state index contributed by atoms with van der Waals surface area (Å²) in [7, 11) is 0. The fraction of sp³-hybridized carbons (Fsp3) is 0.412. The number of carboxylic acid groups (broad SMARTS) is 1. The Hall–Kier alpha value is -2.30. The van der Waals surface area contributed by atoms with Gasteiger partial charge in [0.05, 0.1) is 0 Å². The number of hydrogen-bond donors (Lipinski definition) is 2. The topological polar surface area (TPSA) is 69.2 Å². The van der Waals surface area contributed by atoms with Crippen molar-refractivity contribution in [3.8, 4) is 0 Å². The molecule has 0 radical (unpaired) electrons. The molecule has 114 valence electrons. The van der Waals surface area contributed by atoms with E-state index in [0.29, 0.717) is 6.42 Å². The van der Waals surface area contributed by atoms with Crippen LogP contribution in [0.5, 0.6) is 0 Å². The number of aromatic carboxylic acids is 1. The Balaban J connectivity index is 1.50. The van der Waals surface area contributed by atoms with Gasteiger partial charge in [-0.1, -0.05) is 6.07 Å². The number of fused-ring (bicyclic) bond motifs is 1. The number of nitrogens with one attached hydrogen (secondary N) is 1. The van der Waals surface area contributed by atoms with Gasteiger partial charge < -0.3 is 15.0 Å². The van der Waals surface area contributed by atoms with Crippen molar-refractivity contribution in [3.63, 3.8) is 0 Å². The van der Waals surface area contributed by atoms with Gasteiger partial charge in [-0.2, -0.15) is 0 Å². The number of pyridine rings is 1. The average Bonchev–Trinajstić information content (AvgIpc) is 2.89. The molecule has 2 aliphatic rings. The van der Waals surface area contributed by atoms with E-state index in [1.807, 2.05) is 6.92 Å². The maximum Gasteiger partial charge on any atom is 0.352 e. The van der Waals surface area contributed by atoms with E-state index in [1.165, 1.54) is 6.42 Å². The van der Waals surface area contributed by atoms with Gasteiger partial charge in [-0.05, 0) is 48.4 Å². The molecule has 3 heterocycles. The maximum absolute atomic E-state index is 10.9. The average molecular weight is 297 g/mol. The van der Waals surface area contributed by atoms with E-state index in [9.17, 15) is 4.79 Å². The van der Waals surface area contributed by atoms with Crippen LogP contribution in [0.4, 0.5) is 5.82 Å². The summed E-state index contributed by atoms with van der Waals surface area (Å²) in [5.41, 5.74) is 3.37. The summed E-state index contributed by atoms with van der Waals surface area (Å²) in [4.78, 5) is 20.8. The van der Waals surface area contributed by atoms with E-state index in [0.717, 1.165) is 47.6 Å². The molecular weight excluding hydrogens is 278 g/mol. The molecule has 2 aromatic rings. The smallest absolute Gasteiger partial charge is 0.352 e. The van der Waals surface area contributed by atoms with Crippen molar-refractivity contribution < 1.29 is 9.90 Å². The molecule has 5 heteroatoms. The van der Waals surface area contributed by atoms with Crippen LogP contribution in [-0.4, -0.2) is 34.1 Å². The molecule has 2 unspecified atom stereocenters. The highest BCUT2D eigenvalue weighted by molar-refractivity contribution is 5.85. The number of anilines is 1. The quantitative estimate of drug-likeness (QED) is 0.909. The molecule has 0 spiro atoms. The second-order valence-corrected chi connectivity index (χ2v) is 6.48. The van der Waals surface area contributed by atoms with Crippen molar-refractivity contribution in [1.82, 2.24) is 9.97 Å². The number of carboxylic acids is 1. The highest BCUT2D eigenvalue weighted by atomic mass is 16.4. The lowest BCUT2D eigenvalue weighted by atomic mass is 10.1. The Kier molecular flexibility index (Phi) is 2.96. The van der Waals surface area contributed by atoms with Gasteiger partial charge in [-0.25, -0.2) is 9.78 Å². The zero-order chi connectivity index (χ0) is 15.3. The third-order valence-corrected chi connectivity index (χ3v) is 4.85. The Morgan fingerprint density at radius 3 is 2.82 bits per heavy atom. The van der Waals surface area contributed by atoms with Crippen molar-refractivity contribution in [2.24, 2.45) is 11.8 Å². The summed E-state index contributed by atoms with van der Waals surface area (Å²) in [5.74, 6) is 1.95. The first-order valence-electron chi connectivity index (χ1n) is 7.72. The van der Waals surface area contributed by atoms with Crippen molar-refractivity contribution in [2.75, 3.05) is 18.0 Å². The monoisotopic (exact) mass is 297 g/mol. The van der Waals surface area contributed by atoms with Gasteiger partial charge in [0.15, 0.2) is 0 Å². The van der Waals surface area contributed by atoms with Crippen molar-refractivity contribution in [2.45, 2.75) is 19.8 Å². The molecule has 22 heavy (non-hydrogen) atoms. The normalized spacial score (nSPS) is 22.7. The molecule has 2 fully saturated rings. The van der Waals surface area contributed by atoms with Gasteiger partial charge in [-0.3, -0.25) is 0 Å². The van der Waals surface area contributed by atoms with Crippen LogP contribution < -0.4 is 4.90 Å². The summed E-state index contributed by atoms with van der Waals surface area (Å²) >= 11 is 0. The van der Waals surface area contributed by atoms with Gasteiger partial charge in [-0.15, -0.1) is 0 Å². The van der Waals surface area contributed by atoms with Crippen LogP contribution in [0.15, 0.2) is 24.4 Å². The van der Waals surface area contributed by atoms with E-state index in [2.05, 4.69) is 22.0 Å². The molecule has 1 aliphatic carbocycles. The number of aryl methyl sites for hydroxylation is 1. The number of rotatable bonds is 4. The Morgan fingerprint density at radius 1 is 1.41 bits per heavy atom. The lowest BCUT2D eigenvalue weighted by Gasteiger charge is -2.20. The van der Waals surface area contributed by atoms with Crippen LogP contribution in [0, 0.1) is 18.8 Å². The Morgan fingerprint density at radius 2 is 2.18 bits per heavy atom. The summed E-state index contributed by atoms with van der Waals surface area (Å²) in [6.45, 7) is 4.33. The van der Waals surface area contributed by atoms with Crippen LogP contribution >= 0.6 is 0 Å². The first kappa shape index (κ1) is 13.4. The number of carbonyl (C=O) groups is 1. The second-order valence-electron chi connectivity index (χ2n) is 6.48. The van der Waals surface area contributed by atoms with Crippen LogP contribution in [-0.2, 0) is 6.42 Å². The fourth-order valence-electron chi connectivity index (χ4n) is 3.41. The van der Waals surface area contributed by atoms with Crippen molar-refractivity contribution >= 4 is 11.8 Å². The minimum absolute atomic E-state index is 0.230. The summed E-state index contributed by atoms with van der Waals surface area (Å²) in [6.07, 6.45) is 3.85. The summed E-state index contributed by atoms with van der Waals surface area (Å²) in [5, 5.41) is 8.95. The van der Waals surface area contributed by atoms with Gasteiger partial charge in [0.2, 0.25) is 0 Å². The molecule has 2 aromatic heterocycles. The van der Waals surface area contributed by atoms with E-state index >= 15 is 0 Å². The minimum atomic E-state index is -0.927. The molecule has 0 aromatic carbocycles. The molecule has 0 bridgehead atoms. The third kappa shape index (κ3) is 2.36. The number of aromatic nitrogens is 2. The number of H-pyrrole nitrogens is 1. The summed E-state index contributed by atoms with van der Waals surface area (Å²) in [6, 6.07) is 5.90. The van der Waals surface area contributed by atoms with E-state index in [-0.39, 0.29) is 5.69 Å². The highest BCUT2D eigenvalue weighted by Gasteiger charge is 2.45. The largest absolute Gasteiger partial charge is 0.477 e. The van der Waals surface area contributed by atoms with Gasteiger partial charge >= 0.3 is 5.97 Å². The summed E-state index contributed by atoms with van der Waals surface area (Å²) < 4.78 is 0. The molecule has 1 saturated heterocycles. The lowest BCUT2D eigenvalue weighted by molar-refractivity contribution is 0.0691. The fourth-order valence-corrected chi connectivity index (χ4v) is 3.41. The van der Waals surface area contributed by atoms with Crippen LogP contribution in [0.25, 0.3) is 0 Å². The number of aromatic amines is 1. The van der Waals surface area contributed by atoms with E-state index < -0.39 is 5.97 Å². The van der Waals surface area contributed by atoms with E-state index in [4.69, 9.17) is 10.1 Å². The number of nitrogens with zero attached hydrogens (tertiary/aromatic N) is 2. The highest BCUT2D eigenvalue weighted by Crippen LogP contribution is 2.45. The van der Waals surface area contributed by atoms with Gasteiger partial charge in [0.25, 0.3) is 0 Å². The number of piperidine rings is 1. The van der Waals surface area contributed by atoms with Gasteiger partial charge in [0.1, 0.15) is 11.5 Å². The van der Waals surface area contributed by atoms with Crippen LogP contribution in [0.2, 0.25) is 0 Å². The molecular formula is C17H19N3O2. The van der Waals surface area contributed by atoms with Crippen LogP contribution in [0.3, 0.4) is 0 Å². The Bertz CT molecular complexity index is 727. The standard InChI is InChI=1S/C17H19N3O2/c1-10-12(4-11-5-15(17(21)22)18-7-11)2-3-16(19-10)20-8-13-6-14(13)9-20/h2-3,5,7,13-14,18H,4,6,8-9H2,1H3,(H,21,22). The first-order chi connectivity index (χ1) is 10.6. The first-order valence-corrected chi connectivity index (χ1v) is 7.72. The zero-order valence-electron chi connectivity index (χ0n) is 12.5. The van der Waals surface area contributed by atoms with Crippen molar-refractivity contribution in [3.05, 3.63) is 46.9 Å². The molecule has 0 amide bonds. The van der Waals surface area contributed by atoms with E-state index in [1.54, 1.807) is 12.3 Å². The third-order valence-electron chi connectivity index (χ3n) is 4.85. The van der Waals surface area contributed by atoms with Crippen LogP contribution in [0.1, 0.15) is 33.7 Å². The lowest BCUT2D eigenvalue weighted by Crippen LogP contribution is -2.23. The SMILES string of the molecule is Cc1nc(N2CC3CC3C2)ccc1Cc1c[nH]c(C(=O)O)c1. The molecule has 1 saturated carbocycles. The second kappa shape index (κ2) is 4.87. The Labute approximate surface area is 129 Å². The number of hydrogen-bond acceptors (Lipinski definition) is 3. The molecule has 4 rings (SSSR count). The molecule has 2 atom stereocenters. The predicted octanol–water partition coefficient (Wildman–Crippen LogP) is 2.46. The minimum Gasteiger partial charge on any atom is -0.477 e.